The zero-order valence-electron chi connectivity index (χ0n) is 18.4. The summed E-state index contributed by atoms with van der Waals surface area (Å²) < 4.78 is 0. The summed E-state index contributed by atoms with van der Waals surface area (Å²) in [4.78, 5) is 2.28. The van der Waals surface area contributed by atoms with Gasteiger partial charge in [0.05, 0.1) is 0 Å². The van der Waals surface area contributed by atoms with Crippen LogP contribution in [-0.2, 0) is 0 Å². The first-order valence-electron chi connectivity index (χ1n) is 11.2. The van der Waals surface area contributed by atoms with Crippen LogP contribution >= 0.6 is 0 Å². The van der Waals surface area contributed by atoms with Gasteiger partial charge in [-0.1, -0.05) is 109 Å². The molecule has 0 aliphatic carbocycles. The van der Waals surface area contributed by atoms with E-state index in [-0.39, 0.29) is 0 Å². The van der Waals surface area contributed by atoms with E-state index in [4.69, 9.17) is 0 Å². The summed E-state index contributed by atoms with van der Waals surface area (Å²) in [6.45, 7) is 0. The second-order valence-corrected chi connectivity index (χ2v) is 7.89. The average molecular weight is 424 g/mol. The minimum atomic E-state index is 1.13. The molecule has 0 saturated heterocycles. The highest BCUT2D eigenvalue weighted by Gasteiger charge is 2.13. The third-order valence-electron chi connectivity index (χ3n) is 5.66. The smallest absolute Gasteiger partial charge is 0.0462 e. The number of nitrogens with zero attached hydrogens (tertiary/aromatic N) is 1. The van der Waals surface area contributed by atoms with Crippen LogP contribution in [0.1, 0.15) is 16.7 Å². The summed E-state index contributed by atoms with van der Waals surface area (Å²) in [5, 5.41) is 0. The zero-order valence-corrected chi connectivity index (χ0v) is 18.4. The minimum absolute atomic E-state index is 1.13. The number of anilines is 3. The number of para-hydroxylation sites is 2. The Kier molecular flexibility index (Phi) is 6.13. The van der Waals surface area contributed by atoms with Crippen molar-refractivity contribution in [3.8, 4) is 0 Å². The molecule has 0 saturated carbocycles. The van der Waals surface area contributed by atoms with E-state index in [1.54, 1.807) is 0 Å². The molecule has 0 aliphatic rings. The monoisotopic (exact) mass is 423 g/mol. The van der Waals surface area contributed by atoms with Gasteiger partial charge in [0.25, 0.3) is 0 Å². The summed E-state index contributed by atoms with van der Waals surface area (Å²) in [5.41, 5.74) is 8.20. The fraction of sp³-hybridized carbons (Fsp3) is 0. The predicted molar refractivity (Wildman–Crippen MR) is 141 cm³/mol. The minimum Gasteiger partial charge on any atom is -0.311 e. The molecule has 158 valence electrons. The SMILES string of the molecule is C(=C(/c1ccccc1)c1ccc(N(c2ccccc2)c2ccccc2)cc1)/c1ccccc1. The van der Waals surface area contributed by atoms with Gasteiger partial charge >= 0.3 is 0 Å². The third kappa shape index (κ3) is 4.78. The van der Waals surface area contributed by atoms with Crippen LogP contribution in [0, 0.1) is 0 Å². The van der Waals surface area contributed by atoms with Crippen LogP contribution in [-0.4, -0.2) is 0 Å². The Bertz CT molecular complexity index is 1270. The van der Waals surface area contributed by atoms with Gasteiger partial charge in [-0.2, -0.15) is 0 Å². The zero-order chi connectivity index (χ0) is 22.3. The van der Waals surface area contributed by atoms with E-state index in [1.165, 1.54) is 22.3 Å². The Labute approximate surface area is 195 Å². The fourth-order valence-electron chi connectivity index (χ4n) is 4.06. The highest BCUT2D eigenvalue weighted by atomic mass is 15.1. The van der Waals surface area contributed by atoms with Gasteiger partial charge in [-0.05, 0) is 64.7 Å². The molecule has 0 aromatic heterocycles. The van der Waals surface area contributed by atoms with Crippen molar-refractivity contribution >= 4 is 28.7 Å². The molecule has 0 N–H and O–H groups in total. The van der Waals surface area contributed by atoms with E-state index in [0.29, 0.717) is 0 Å². The Balaban J connectivity index is 1.57. The third-order valence-corrected chi connectivity index (χ3v) is 5.66. The molecule has 0 atom stereocenters. The van der Waals surface area contributed by atoms with Gasteiger partial charge < -0.3 is 4.90 Å². The molecule has 33 heavy (non-hydrogen) atoms. The van der Waals surface area contributed by atoms with Crippen LogP contribution in [0.4, 0.5) is 17.1 Å². The van der Waals surface area contributed by atoms with Crippen molar-refractivity contribution in [3.05, 3.63) is 162 Å². The Morgan fingerprint density at radius 2 is 0.788 bits per heavy atom. The van der Waals surface area contributed by atoms with Crippen LogP contribution in [0.15, 0.2) is 146 Å². The molecule has 5 aromatic carbocycles. The Hall–Kier alpha value is -4.36. The number of benzene rings is 5. The van der Waals surface area contributed by atoms with Gasteiger partial charge in [-0.3, -0.25) is 0 Å². The molecule has 0 heterocycles. The number of hydrogen-bond acceptors (Lipinski definition) is 1. The van der Waals surface area contributed by atoms with E-state index >= 15 is 0 Å². The first-order chi connectivity index (χ1) is 16.4. The maximum atomic E-state index is 2.28. The lowest BCUT2D eigenvalue weighted by molar-refractivity contribution is 1.28. The van der Waals surface area contributed by atoms with E-state index in [9.17, 15) is 0 Å². The second kappa shape index (κ2) is 9.84. The molecular weight excluding hydrogens is 398 g/mol. The van der Waals surface area contributed by atoms with E-state index in [2.05, 4.69) is 157 Å². The maximum absolute atomic E-state index is 2.28. The first kappa shape index (κ1) is 20.5. The Morgan fingerprint density at radius 3 is 1.30 bits per heavy atom. The van der Waals surface area contributed by atoms with Gasteiger partial charge in [0.15, 0.2) is 0 Å². The topological polar surface area (TPSA) is 3.24 Å². The normalized spacial score (nSPS) is 11.2. The molecule has 1 heteroatoms. The molecule has 0 spiro atoms. The van der Waals surface area contributed by atoms with Gasteiger partial charge in [-0.15, -0.1) is 0 Å². The van der Waals surface area contributed by atoms with Crippen LogP contribution in [0.2, 0.25) is 0 Å². The van der Waals surface area contributed by atoms with Crippen molar-refractivity contribution < 1.29 is 0 Å². The van der Waals surface area contributed by atoms with Crippen molar-refractivity contribution in [2.45, 2.75) is 0 Å². The largest absolute Gasteiger partial charge is 0.311 e. The van der Waals surface area contributed by atoms with Crippen LogP contribution in [0.25, 0.3) is 11.6 Å². The molecule has 1 nitrogen and oxygen atoms in total. The predicted octanol–water partition coefficient (Wildman–Crippen LogP) is 8.75. The Morgan fingerprint density at radius 1 is 0.394 bits per heavy atom. The van der Waals surface area contributed by atoms with Crippen molar-refractivity contribution in [2.75, 3.05) is 4.90 Å². The van der Waals surface area contributed by atoms with Crippen molar-refractivity contribution in [2.24, 2.45) is 0 Å². The quantitative estimate of drug-likeness (QED) is 0.247. The number of hydrogen-bond donors (Lipinski definition) is 0. The highest BCUT2D eigenvalue weighted by molar-refractivity contribution is 5.92. The highest BCUT2D eigenvalue weighted by Crippen LogP contribution is 2.35. The van der Waals surface area contributed by atoms with Gasteiger partial charge in [0, 0.05) is 17.1 Å². The molecule has 0 aliphatic heterocycles. The lowest BCUT2D eigenvalue weighted by Gasteiger charge is -2.25. The summed E-state index contributed by atoms with van der Waals surface area (Å²) in [6.07, 6.45) is 2.26. The second-order valence-electron chi connectivity index (χ2n) is 7.89. The first-order valence-corrected chi connectivity index (χ1v) is 11.2. The van der Waals surface area contributed by atoms with E-state index in [0.717, 1.165) is 17.1 Å². The lowest BCUT2D eigenvalue weighted by Crippen LogP contribution is -2.09. The van der Waals surface area contributed by atoms with Crippen LogP contribution in [0.5, 0.6) is 0 Å². The lowest BCUT2D eigenvalue weighted by atomic mass is 9.95. The van der Waals surface area contributed by atoms with E-state index < -0.39 is 0 Å². The standard InChI is InChI=1S/C32H25N/c1-5-13-26(14-6-1)25-32(27-15-7-2-8-16-27)28-21-23-31(24-22-28)33(29-17-9-3-10-18-29)30-19-11-4-12-20-30/h1-25H/b32-25+. The van der Waals surface area contributed by atoms with Gasteiger partial charge in [0.1, 0.15) is 0 Å². The maximum Gasteiger partial charge on any atom is 0.0462 e. The average Bonchev–Trinajstić information content (AvgIpc) is 2.90. The van der Waals surface area contributed by atoms with Gasteiger partial charge in [0.2, 0.25) is 0 Å². The summed E-state index contributed by atoms with van der Waals surface area (Å²) >= 11 is 0. The molecule has 0 unspecified atom stereocenters. The van der Waals surface area contributed by atoms with Crippen LogP contribution in [0.3, 0.4) is 0 Å². The van der Waals surface area contributed by atoms with Gasteiger partial charge in [-0.25, -0.2) is 0 Å². The molecule has 5 aromatic rings. The molecule has 0 bridgehead atoms. The molecule has 0 fully saturated rings. The van der Waals surface area contributed by atoms with Crippen molar-refractivity contribution in [3.63, 3.8) is 0 Å². The van der Waals surface area contributed by atoms with Crippen molar-refractivity contribution in [1.29, 1.82) is 0 Å². The summed E-state index contributed by atoms with van der Waals surface area (Å²) in [7, 11) is 0. The summed E-state index contributed by atoms with van der Waals surface area (Å²) in [6, 6.07) is 50.9. The summed E-state index contributed by atoms with van der Waals surface area (Å²) in [5.74, 6) is 0. The molecule has 5 rings (SSSR count). The molecule has 0 amide bonds. The fourth-order valence-corrected chi connectivity index (χ4v) is 4.06. The molecule has 0 radical (unpaired) electrons. The van der Waals surface area contributed by atoms with Crippen LogP contribution < -0.4 is 4.90 Å². The van der Waals surface area contributed by atoms with Crippen molar-refractivity contribution in [1.82, 2.24) is 0 Å². The number of rotatable bonds is 6. The van der Waals surface area contributed by atoms with E-state index in [1.807, 2.05) is 0 Å². The molecular formula is C32H25N.